The van der Waals surface area contributed by atoms with Crippen molar-refractivity contribution in [3.8, 4) is 0 Å². The van der Waals surface area contributed by atoms with Crippen molar-refractivity contribution in [3.05, 3.63) is 64.1 Å². The number of benzene rings is 2. The fourth-order valence-electron chi connectivity index (χ4n) is 1.77. The van der Waals surface area contributed by atoms with E-state index in [4.69, 9.17) is 35.4 Å². The molecule has 2 aromatic carbocycles. The third-order valence-electron chi connectivity index (χ3n) is 2.82. The molecule has 0 heterocycles. The highest BCUT2D eigenvalue weighted by molar-refractivity contribution is 7.80. The molecular formula is C15H14Cl2N2S. The maximum absolute atomic E-state index is 6.09. The minimum Gasteiger partial charge on any atom is -0.356 e. The molecule has 0 saturated heterocycles. The van der Waals surface area contributed by atoms with Gasteiger partial charge in [0.1, 0.15) is 0 Å². The van der Waals surface area contributed by atoms with Gasteiger partial charge in [-0.15, -0.1) is 0 Å². The highest BCUT2D eigenvalue weighted by Crippen LogP contribution is 2.25. The van der Waals surface area contributed by atoms with Crippen LogP contribution in [-0.4, -0.2) is 5.11 Å². The Hall–Kier alpha value is -1.29. The summed E-state index contributed by atoms with van der Waals surface area (Å²) in [5, 5.41) is 7.95. The van der Waals surface area contributed by atoms with Crippen molar-refractivity contribution in [2.45, 2.75) is 13.0 Å². The Kier molecular flexibility index (Phi) is 5.24. The van der Waals surface area contributed by atoms with E-state index in [1.807, 2.05) is 37.3 Å². The Morgan fingerprint density at radius 3 is 2.50 bits per heavy atom. The van der Waals surface area contributed by atoms with E-state index in [2.05, 4.69) is 10.6 Å². The summed E-state index contributed by atoms with van der Waals surface area (Å²) in [5.74, 6) is 0. The number of hydrogen-bond acceptors (Lipinski definition) is 1. The standard InChI is InChI=1S/C15H14Cl2N2S/c1-10(11-5-3-2-4-6-11)18-15(20)19-14-9-12(16)7-8-13(14)17/h2-10H,1H3,(H2,18,19,20). The van der Waals surface area contributed by atoms with Crippen LogP contribution in [0.25, 0.3) is 0 Å². The number of rotatable bonds is 3. The van der Waals surface area contributed by atoms with Crippen molar-refractivity contribution in [3.63, 3.8) is 0 Å². The summed E-state index contributed by atoms with van der Waals surface area (Å²) < 4.78 is 0. The zero-order chi connectivity index (χ0) is 14.5. The monoisotopic (exact) mass is 324 g/mol. The molecule has 0 aliphatic heterocycles. The summed E-state index contributed by atoms with van der Waals surface area (Å²) in [6.07, 6.45) is 0. The maximum Gasteiger partial charge on any atom is 0.171 e. The lowest BCUT2D eigenvalue weighted by Crippen LogP contribution is -2.30. The molecule has 20 heavy (non-hydrogen) atoms. The molecule has 0 aliphatic carbocycles. The van der Waals surface area contributed by atoms with Crippen LogP contribution in [0.5, 0.6) is 0 Å². The Bertz CT molecular complexity index is 602. The predicted molar refractivity (Wildman–Crippen MR) is 90.7 cm³/mol. The molecule has 5 heteroatoms. The largest absolute Gasteiger partial charge is 0.356 e. The van der Waals surface area contributed by atoms with E-state index in [0.717, 1.165) is 5.56 Å². The first-order valence-electron chi connectivity index (χ1n) is 6.14. The van der Waals surface area contributed by atoms with Gasteiger partial charge in [0.05, 0.1) is 16.8 Å². The second-order valence-corrected chi connectivity index (χ2v) is 5.61. The topological polar surface area (TPSA) is 24.1 Å². The van der Waals surface area contributed by atoms with Gasteiger partial charge in [-0.2, -0.15) is 0 Å². The quantitative estimate of drug-likeness (QED) is 0.773. The Morgan fingerprint density at radius 1 is 1.10 bits per heavy atom. The molecular weight excluding hydrogens is 311 g/mol. The number of halogens is 2. The zero-order valence-corrected chi connectivity index (χ0v) is 13.2. The number of nitrogens with one attached hydrogen (secondary N) is 2. The van der Waals surface area contributed by atoms with Gasteiger partial charge in [0, 0.05) is 5.02 Å². The first-order chi connectivity index (χ1) is 9.56. The third-order valence-corrected chi connectivity index (χ3v) is 3.61. The smallest absolute Gasteiger partial charge is 0.171 e. The predicted octanol–water partition coefficient (Wildman–Crippen LogP) is 5.04. The summed E-state index contributed by atoms with van der Waals surface area (Å²) in [6, 6.07) is 15.4. The second-order valence-electron chi connectivity index (χ2n) is 4.36. The van der Waals surface area contributed by atoms with Crippen LogP contribution in [-0.2, 0) is 0 Å². The van der Waals surface area contributed by atoms with Gasteiger partial charge < -0.3 is 10.6 Å². The Balaban J connectivity index is 2.01. The first kappa shape index (κ1) is 15.1. The lowest BCUT2D eigenvalue weighted by Gasteiger charge is -2.18. The highest BCUT2D eigenvalue weighted by Gasteiger charge is 2.08. The van der Waals surface area contributed by atoms with E-state index in [0.29, 0.717) is 20.8 Å². The minimum atomic E-state index is 0.106. The molecule has 0 bridgehead atoms. The van der Waals surface area contributed by atoms with E-state index in [1.54, 1.807) is 18.2 Å². The van der Waals surface area contributed by atoms with E-state index < -0.39 is 0 Å². The molecule has 0 saturated carbocycles. The first-order valence-corrected chi connectivity index (χ1v) is 7.30. The van der Waals surface area contributed by atoms with Crippen molar-refractivity contribution >= 4 is 46.2 Å². The van der Waals surface area contributed by atoms with Gasteiger partial charge in [-0.05, 0) is 42.9 Å². The van der Waals surface area contributed by atoms with Crippen LogP contribution in [0.15, 0.2) is 48.5 Å². The summed E-state index contributed by atoms with van der Waals surface area (Å²) in [7, 11) is 0. The van der Waals surface area contributed by atoms with Crippen LogP contribution in [0.4, 0.5) is 5.69 Å². The van der Waals surface area contributed by atoms with Crippen molar-refractivity contribution in [2.75, 3.05) is 5.32 Å². The van der Waals surface area contributed by atoms with Crippen LogP contribution in [0.1, 0.15) is 18.5 Å². The van der Waals surface area contributed by atoms with Crippen LogP contribution < -0.4 is 10.6 Å². The molecule has 1 atom stereocenters. The second kappa shape index (κ2) is 6.93. The van der Waals surface area contributed by atoms with Gasteiger partial charge in [-0.1, -0.05) is 53.5 Å². The summed E-state index contributed by atoms with van der Waals surface area (Å²) in [6.45, 7) is 2.04. The maximum atomic E-state index is 6.09. The number of anilines is 1. The fraction of sp³-hybridized carbons (Fsp3) is 0.133. The lowest BCUT2D eigenvalue weighted by atomic mass is 10.1. The number of hydrogen-bond donors (Lipinski definition) is 2. The van der Waals surface area contributed by atoms with Crippen molar-refractivity contribution in [1.29, 1.82) is 0 Å². The van der Waals surface area contributed by atoms with Crippen LogP contribution >= 0.6 is 35.4 Å². The average molecular weight is 325 g/mol. The summed E-state index contributed by atoms with van der Waals surface area (Å²) in [4.78, 5) is 0. The molecule has 2 aromatic rings. The molecule has 0 spiro atoms. The van der Waals surface area contributed by atoms with E-state index >= 15 is 0 Å². The molecule has 0 amide bonds. The minimum absolute atomic E-state index is 0.106. The summed E-state index contributed by atoms with van der Waals surface area (Å²) in [5.41, 5.74) is 1.85. The van der Waals surface area contributed by atoms with Crippen molar-refractivity contribution < 1.29 is 0 Å². The number of thiocarbonyl (C=S) groups is 1. The van der Waals surface area contributed by atoms with Gasteiger partial charge in [0.2, 0.25) is 0 Å². The summed E-state index contributed by atoms with van der Waals surface area (Å²) >= 11 is 17.3. The SMILES string of the molecule is CC(NC(=S)Nc1cc(Cl)ccc1Cl)c1ccccc1. The molecule has 0 fully saturated rings. The van der Waals surface area contributed by atoms with Gasteiger partial charge in [0.25, 0.3) is 0 Å². The van der Waals surface area contributed by atoms with Gasteiger partial charge >= 0.3 is 0 Å². The van der Waals surface area contributed by atoms with Gasteiger partial charge in [-0.25, -0.2) is 0 Å². The zero-order valence-electron chi connectivity index (χ0n) is 10.9. The van der Waals surface area contributed by atoms with Gasteiger partial charge in [0.15, 0.2) is 5.11 Å². The normalized spacial score (nSPS) is 11.8. The highest BCUT2D eigenvalue weighted by atomic mass is 35.5. The molecule has 2 nitrogen and oxygen atoms in total. The van der Waals surface area contributed by atoms with Crippen molar-refractivity contribution in [2.24, 2.45) is 0 Å². The average Bonchev–Trinajstić information content (AvgIpc) is 2.43. The molecule has 2 N–H and O–H groups in total. The molecule has 2 rings (SSSR count). The Morgan fingerprint density at radius 2 is 1.80 bits per heavy atom. The molecule has 104 valence electrons. The van der Waals surface area contributed by atoms with Crippen LogP contribution in [0.3, 0.4) is 0 Å². The molecule has 0 aromatic heterocycles. The fourth-order valence-corrected chi connectivity index (χ4v) is 2.40. The van der Waals surface area contributed by atoms with Crippen LogP contribution in [0.2, 0.25) is 10.0 Å². The van der Waals surface area contributed by atoms with E-state index in [-0.39, 0.29) is 6.04 Å². The lowest BCUT2D eigenvalue weighted by molar-refractivity contribution is 0.722. The van der Waals surface area contributed by atoms with E-state index in [1.165, 1.54) is 0 Å². The van der Waals surface area contributed by atoms with E-state index in [9.17, 15) is 0 Å². The van der Waals surface area contributed by atoms with Crippen molar-refractivity contribution in [1.82, 2.24) is 5.32 Å². The molecule has 0 radical (unpaired) electrons. The van der Waals surface area contributed by atoms with Gasteiger partial charge in [-0.3, -0.25) is 0 Å². The Labute approximate surface area is 134 Å². The third kappa shape index (κ3) is 4.10. The van der Waals surface area contributed by atoms with Crippen LogP contribution in [0, 0.1) is 0 Å². The molecule has 0 aliphatic rings. The molecule has 1 unspecified atom stereocenters.